The van der Waals surface area contributed by atoms with Gasteiger partial charge in [0, 0.05) is 10.0 Å². The average Bonchev–Trinajstić information content (AvgIpc) is 2.40. The summed E-state index contributed by atoms with van der Waals surface area (Å²) in [5.41, 5.74) is 1.56. The van der Waals surface area contributed by atoms with Crippen molar-refractivity contribution in [2.24, 2.45) is 0 Å². The maximum atomic E-state index is 13.0. The second kappa shape index (κ2) is 5.94. The molecule has 2 nitrogen and oxygen atoms in total. The summed E-state index contributed by atoms with van der Waals surface area (Å²) in [5, 5.41) is 0.0775. The van der Waals surface area contributed by atoms with Crippen LogP contribution >= 0.6 is 27.5 Å². The molecule has 0 heterocycles. The Morgan fingerprint density at radius 2 is 1.95 bits per heavy atom. The van der Waals surface area contributed by atoms with E-state index in [2.05, 4.69) is 15.9 Å². The number of carbonyl (C=O) groups is 1. The molecule has 0 spiro atoms. The SMILES string of the molecule is COc1cc(C)c(Br)cc1C(=O)c1ccc(F)cc1Cl. The zero-order valence-corrected chi connectivity index (χ0v) is 13.2. The van der Waals surface area contributed by atoms with Gasteiger partial charge in [-0.1, -0.05) is 27.5 Å². The fourth-order valence-electron chi connectivity index (χ4n) is 1.82. The smallest absolute Gasteiger partial charge is 0.198 e. The van der Waals surface area contributed by atoms with E-state index in [1.165, 1.54) is 19.2 Å². The number of ketones is 1. The molecule has 0 fully saturated rings. The van der Waals surface area contributed by atoms with Gasteiger partial charge in [-0.25, -0.2) is 4.39 Å². The van der Waals surface area contributed by atoms with Crippen molar-refractivity contribution in [1.82, 2.24) is 0 Å². The van der Waals surface area contributed by atoms with Crippen LogP contribution in [0.1, 0.15) is 21.5 Å². The Morgan fingerprint density at radius 1 is 1.25 bits per heavy atom. The van der Waals surface area contributed by atoms with Crippen molar-refractivity contribution >= 4 is 33.3 Å². The first-order chi connectivity index (χ1) is 9.43. The predicted molar refractivity (Wildman–Crippen MR) is 80.3 cm³/mol. The second-order valence-electron chi connectivity index (χ2n) is 4.25. The Bertz CT molecular complexity index is 686. The number of carbonyl (C=O) groups excluding carboxylic acids is 1. The molecule has 2 aromatic rings. The molecule has 2 rings (SSSR count). The minimum Gasteiger partial charge on any atom is -0.496 e. The van der Waals surface area contributed by atoms with E-state index in [1.807, 2.05) is 6.92 Å². The Labute approximate surface area is 129 Å². The van der Waals surface area contributed by atoms with Crippen LogP contribution in [0.2, 0.25) is 5.02 Å². The van der Waals surface area contributed by atoms with Crippen LogP contribution in [0.4, 0.5) is 4.39 Å². The molecule has 0 radical (unpaired) electrons. The molecule has 0 atom stereocenters. The Kier molecular flexibility index (Phi) is 4.45. The molecule has 0 unspecified atom stereocenters. The lowest BCUT2D eigenvalue weighted by atomic mass is 10.0. The van der Waals surface area contributed by atoms with E-state index in [4.69, 9.17) is 16.3 Å². The van der Waals surface area contributed by atoms with Crippen LogP contribution < -0.4 is 4.74 Å². The highest BCUT2D eigenvalue weighted by Gasteiger charge is 2.19. The Morgan fingerprint density at radius 3 is 2.55 bits per heavy atom. The van der Waals surface area contributed by atoms with Crippen LogP contribution in [0.3, 0.4) is 0 Å². The maximum absolute atomic E-state index is 13.0. The van der Waals surface area contributed by atoms with Crippen molar-refractivity contribution in [2.45, 2.75) is 6.92 Å². The van der Waals surface area contributed by atoms with Crippen LogP contribution in [0, 0.1) is 12.7 Å². The number of ether oxygens (including phenoxy) is 1. The third kappa shape index (κ3) is 2.86. The van der Waals surface area contributed by atoms with E-state index < -0.39 is 5.82 Å². The Balaban J connectivity index is 2.55. The van der Waals surface area contributed by atoms with Crippen LogP contribution in [0.5, 0.6) is 5.75 Å². The van der Waals surface area contributed by atoms with Crippen molar-refractivity contribution in [2.75, 3.05) is 7.11 Å². The normalized spacial score (nSPS) is 10.4. The quantitative estimate of drug-likeness (QED) is 0.738. The zero-order chi connectivity index (χ0) is 14.9. The molecule has 20 heavy (non-hydrogen) atoms. The molecule has 0 aliphatic rings. The van der Waals surface area contributed by atoms with E-state index in [1.54, 1.807) is 12.1 Å². The summed E-state index contributed by atoms with van der Waals surface area (Å²) in [4.78, 5) is 12.5. The molecule has 0 N–H and O–H groups in total. The summed E-state index contributed by atoms with van der Waals surface area (Å²) in [6.45, 7) is 1.89. The molecule has 0 aromatic heterocycles. The highest BCUT2D eigenvalue weighted by atomic mass is 79.9. The van der Waals surface area contributed by atoms with Gasteiger partial charge in [0.15, 0.2) is 5.78 Å². The molecule has 0 saturated carbocycles. The third-order valence-electron chi connectivity index (χ3n) is 2.90. The topological polar surface area (TPSA) is 26.3 Å². The fraction of sp³-hybridized carbons (Fsp3) is 0.133. The lowest BCUT2D eigenvalue weighted by Crippen LogP contribution is -2.05. The molecule has 0 aliphatic heterocycles. The lowest BCUT2D eigenvalue weighted by Gasteiger charge is -2.11. The van der Waals surface area contributed by atoms with Crippen molar-refractivity contribution in [3.8, 4) is 5.75 Å². The molecule has 0 bridgehead atoms. The largest absolute Gasteiger partial charge is 0.496 e. The number of benzene rings is 2. The summed E-state index contributed by atoms with van der Waals surface area (Å²) >= 11 is 9.31. The maximum Gasteiger partial charge on any atom is 0.198 e. The number of rotatable bonds is 3. The standard InChI is InChI=1S/C15H11BrClFO2/c1-8-5-14(20-2)11(7-12(8)16)15(19)10-4-3-9(18)6-13(10)17/h3-7H,1-2H3. The summed E-state index contributed by atoms with van der Waals surface area (Å²) < 4.78 is 19.1. The Hall–Kier alpha value is -1.39. The van der Waals surface area contributed by atoms with Gasteiger partial charge in [0.2, 0.25) is 0 Å². The van der Waals surface area contributed by atoms with Crippen molar-refractivity contribution in [1.29, 1.82) is 0 Å². The molecule has 0 saturated heterocycles. The van der Waals surface area contributed by atoms with Gasteiger partial charge in [-0.3, -0.25) is 4.79 Å². The molecule has 2 aromatic carbocycles. The molecule has 104 valence electrons. The first kappa shape index (κ1) is 15.0. The highest BCUT2D eigenvalue weighted by Crippen LogP contribution is 2.30. The first-order valence-corrected chi connectivity index (χ1v) is 6.95. The summed E-state index contributed by atoms with van der Waals surface area (Å²) in [6.07, 6.45) is 0. The van der Waals surface area contributed by atoms with Gasteiger partial charge in [-0.2, -0.15) is 0 Å². The van der Waals surface area contributed by atoms with E-state index in [0.29, 0.717) is 11.3 Å². The molecule has 5 heteroatoms. The third-order valence-corrected chi connectivity index (χ3v) is 4.07. The van der Waals surface area contributed by atoms with Gasteiger partial charge in [-0.05, 0) is 42.8 Å². The summed E-state index contributed by atoms with van der Waals surface area (Å²) in [5.74, 6) is -0.341. The van der Waals surface area contributed by atoms with Crippen molar-refractivity contribution in [3.05, 3.63) is 62.3 Å². The average molecular weight is 358 g/mol. The molecular weight excluding hydrogens is 347 g/mol. The fourth-order valence-corrected chi connectivity index (χ4v) is 2.42. The zero-order valence-electron chi connectivity index (χ0n) is 10.8. The molecular formula is C15H11BrClFO2. The number of hydrogen-bond acceptors (Lipinski definition) is 2. The van der Waals surface area contributed by atoms with Crippen LogP contribution in [0.15, 0.2) is 34.8 Å². The molecule has 0 aliphatic carbocycles. The number of halogens is 3. The van der Waals surface area contributed by atoms with Crippen molar-refractivity contribution < 1.29 is 13.9 Å². The summed E-state index contributed by atoms with van der Waals surface area (Å²) in [7, 11) is 1.49. The monoisotopic (exact) mass is 356 g/mol. The predicted octanol–water partition coefficient (Wildman–Crippen LogP) is 4.79. The van der Waals surface area contributed by atoms with E-state index in [0.717, 1.165) is 16.1 Å². The van der Waals surface area contributed by atoms with E-state index >= 15 is 0 Å². The van der Waals surface area contributed by atoms with Crippen LogP contribution in [-0.4, -0.2) is 12.9 Å². The first-order valence-electron chi connectivity index (χ1n) is 5.78. The van der Waals surface area contributed by atoms with Crippen LogP contribution in [-0.2, 0) is 0 Å². The minimum atomic E-state index is -0.483. The lowest BCUT2D eigenvalue weighted by molar-refractivity contribution is 0.103. The number of methoxy groups -OCH3 is 1. The van der Waals surface area contributed by atoms with Gasteiger partial charge in [0.1, 0.15) is 11.6 Å². The highest BCUT2D eigenvalue weighted by molar-refractivity contribution is 9.10. The van der Waals surface area contributed by atoms with E-state index in [9.17, 15) is 9.18 Å². The van der Waals surface area contributed by atoms with Crippen molar-refractivity contribution in [3.63, 3.8) is 0 Å². The van der Waals surface area contributed by atoms with Gasteiger partial charge >= 0.3 is 0 Å². The number of hydrogen-bond donors (Lipinski definition) is 0. The number of aryl methyl sites for hydroxylation is 1. The van der Waals surface area contributed by atoms with Crippen LogP contribution in [0.25, 0.3) is 0 Å². The van der Waals surface area contributed by atoms with E-state index in [-0.39, 0.29) is 16.4 Å². The van der Waals surface area contributed by atoms with Gasteiger partial charge < -0.3 is 4.74 Å². The molecule has 0 amide bonds. The van der Waals surface area contributed by atoms with Gasteiger partial charge in [0.05, 0.1) is 17.7 Å². The summed E-state index contributed by atoms with van der Waals surface area (Å²) in [6, 6.07) is 7.12. The van der Waals surface area contributed by atoms with Gasteiger partial charge in [-0.15, -0.1) is 0 Å². The second-order valence-corrected chi connectivity index (χ2v) is 5.52. The minimum absolute atomic E-state index is 0.0775. The van der Waals surface area contributed by atoms with Gasteiger partial charge in [0.25, 0.3) is 0 Å².